The molecule has 1 aromatic carbocycles. The third-order valence-corrected chi connectivity index (χ3v) is 4.03. The van der Waals surface area contributed by atoms with Crippen LogP contribution in [0.25, 0.3) is 5.69 Å². The number of hydrogen-bond acceptors (Lipinski definition) is 2. The highest BCUT2D eigenvalue weighted by Crippen LogP contribution is 2.29. The molecule has 0 radical (unpaired) electrons. The van der Waals surface area contributed by atoms with Gasteiger partial charge in [-0.05, 0) is 42.8 Å². The molecule has 0 bridgehead atoms. The van der Waals surface area contributed by atoms with Crippen molar-refractivity contribution in [2.45, 2.75) is 26.9 Å². The van der Waals surface area contributed by atoms with Crippen LogP contribution in [0, 0.1) is 19.7 Å². The maximum atomic E-state index is 14.0. The lowest BCUT2D eigenvalue weighted by Crippen LogP contribution is -2.08. The average Bonchev–Trinajstić information content (AvgIpc) is 2.56. The maximum Gasteiger partial charge on any atom is 0.149 e. The van der Waals surface area contributed by atoms with Crippen LogP contribution in [0.5, 0.6) is 0 Å². The van der Waals surface area contributed by atoms with E-state index in [1.807, 2.05) is 13.8 Å². The molecule has 1 heterocycles. The molecule has 0 aliphatic carbocycles. The first-order valence-electron chi connectivity index (χ1n) is 5.62. The van der Waals surface area contributed by atoms with Crippen LogP contribution < -0.4 is 0 Å². The fourth-order valence-electron chi connectivity index (χ4n) is 1.93. The minimum absolute atomic E-state index is 0.304. The molecule has 0 amide bonds. The molecular formula is C13H14BrFN2O. The van der Waals surface area contributed by atoms with E-state index in [0.717, 1.165) is 15.9 Å². The van der Waals surface area contributed by atoms with Crippen LogP contribution in [0.2, 0.25) is 0 Å². The van der Waals surface area contributed by atoms with Gasteiger partial charge in [-0.2, -0.15) is 5.10 Å². The number of aromatic nitrogens is 2. The molecule has 0 unspecified atom stereocenters. The molecule has 2 aromatic rings. The summed E-state index contributed by atoms with van der Waals surface area (Å²) < 4.78 is 16.4. The number of benzene rings is 1. The highest BCUT2D eigenvalue weighted by atomic mass is 79.9. The van der Waals surface area contributed by atoms with Crippen molar-refractivity contribution >= 4 is 15.9 Å². The second-order valence-electron chi connectivity index (χ2n) is 4.25. The zero-order valence-corrected chi connectivity index (χ0v) is 12.0. The minimum Gasteiger partial charge on any atom is -0.389 e. The van der Waals surface area contributed by atoms with Crippen LogP contribution in [0.4, 0.5) is 4.39 Å². The van der Waals surface area contributed by atoms with Crippen LogP contribution in [-0.2, 0) is 0 Å². The minimum atomic E-state index is -0.751. The smallest absolute Gasteiger partial charge is 0.149 e. The highest BCUT2D eigenvalue weighted by Gasteiger charge is 2.18. The molecule has 1 aromatic heterocycles. The van der Waals surface area contributed by atoms with Crippen LogP contribution >= 0.6 is 15.9 Å². The second kappa shape index (κ2) is 4.82. The van der Waals surface area contributed by atoms with E-state index in [1.165, 1.54) is 10.7 Å². The first-order chi connectivity index (χ1) is 8.43. The third kappa shape index (κ3) is 2.08. The van der Waals surface area contributed by atoms with Crippen molar-refractivity contribution in [3.63, 3.8) is 0 Å². The van der Waals surface area contributed by atoms with Crippen LogP contribution in [0.1, 0.15) is 30.0 Å². The van der Waals surface area contributed by atoms with Gasteiger partial charge in [0.25, 0.3) is 0 Å². The number of hydrogen-bond donors (Lipinski definition) is 1. The van der Waals surface area contributed by atoms with Crippen molar-refractivity contribution < 1.29 is 9.50 Å². The molecule has 5 heteroatoms. The molecule has 18 heavy (non-hydrogen) atoms. The standard InChI is InChI=1S/C13H14BrFN2O/c1-7-12(14)8(2)17(16-7)13-10(9(3)18)5-4-6-11(13)15/h4-6,9,18H,1-3H3/t9-/m1/s1. The van der Waals surface area contributed by atoms with Crippen molar-refractivity contribution in [3.05, 3.63) is 45.4 Å². The summed E-state index contributed by atoms with van der Waals surface area (Å²) in [5.41, 5.74) is 2.42. The van der Waals surface area contributed by atoms with Gasteiger partial charge in [-0.3, -0.25) is 0 Å². The monoisotopic (exact) mass is 312 g/mol. The summed E-state index contributed by atoms with van der Waals surface area (Å²) in [4.78, 5) is 0. The highest BCUT2D eigenvalue weighted by molar-refractivity contribution is 9.10. The van der Waals surface area contributed by atoms with E-state index in [1.54, 1.807) is 19.1 Å². The number of aryl methyl sites for hydroxylation is 1. The van der Waals surface area contributed by atoms with Crippen molar-refractivity contribution in [1.82, 2.24) is 9.78 Å². The zero-order valence-electron chi connectivity index (χ0n) is 10.4. The van der Waals surface area contributed by atoms with Crippen molar-refractivity contribution in [3.8, 4) is 5.69 Å². The molecule has 0 aliphatic rings. The Morgan fingerprint density at radius 1 is 1.39 bits per heavy atom. The number of aliphatic hydroxyl groups is 1. The van der Waals surface area contributed by atoms with Gasteiger partial charge in [0.1, 0.15) is 11.5 Å². The molecule has 0 saturated carbocycles. The van der Waals surface area contributed by atoms with E-state index in [0.29, 0.717) is 11.3 Å². The molecule has 96 valence electrons. The van der Waals surface area contributed by atoms with Gasteiger partial charge in [0, 0.05) is 5.56 Å². The first kappa shape index (κ1) is 13.2. The molecule has 1 N–H and O–H groups in total. The Labute approximate surface area is 113 Å². The van der Waals surface area contributed by atoms with Gasteiger partial charge >= 0.3 is 0 Å². The summed E-state index contributed by atoms with van der Waals surface area (Å²) in [6, 6.07) is 4.65. The Bertz CT molecular complexity index is 593. The van der Waals surface area contributed by atoms with Gasteiger partial charge < -0.3 is 5.11 Å². The molecule has 1 atom stereocenters. The number of halogens is 2. The van der Waals surface area contributed by atoms with Crippen molar-refractivity contribution in [2.24, 2.45) is 0 Å². The quantitative estimate of drug-likeness (QED) is 0.922. The first-order valence-corrected chi connectivity index (χ1v) is 6.41. The third-order valence-electron chi connectivity index (χ3n) is 2.88. The number of rotatable bonds is 2. The summed E-state index contributed by atoms with van der Waals surface area (Å²) in [6.07, 6.45) is -0.751. The topological polar surface area (TPSA) is 38.0 Å². The Balaban J connectivity index is 2.74. The Morgan fingerprint density at radius 3 is 2.56 bits per heavy atom. The van der Waals surface area contributed by atoms with Crippen LogP contribution in [0.15, 0.2) is 22.7 Å². The summed E-state index contributed by atoms with van der Waals surface area (Å²) >= 11 is 3.42. The molecular weight excluding hydrogens is 299 g/mol. The lowest BCUT2D eigenvalue weighted by molar-refractivity contribution is 0.198. The predicted molar refractivity (Wildman–Crippen MR) is 71.3 cm³/mol. The average molecular weight is 313 g/mol. The Morgan fingerprint density at radius 2 is 2.06 bits per heavy atom. The van der Waals surface area contributed by atoms with E-state index >= 15 is 0 Å². The van der Waals surface area contributed by atoms with Crippen LogP contribution in [0.3, 0.4) is 0 Å². The van der Waals surface area contributed by atoms with E-state index < -0.39 is 11.9 Å². The van der Waals surface area contributed by atoms with E-state index in [4.69, 9.17) is 0 Å². The van der Waals surface area contributed by atoms with Gasteiger partial charge in [0.15, 0.2) is 0 Å². The fraction of sp³-hybridized carbons (Fsp3) is 0.308. The van der Waals surface area contributed by atoms with Gasteiger partial charge in [0.2, 0.25) is 0 Å². The Hall–Kier alpha value is -1.20. The van der Waals surface area contributed by atoms with Gasteiger partial charge in [-0.1, -0.05) is 12.1 Å². The van der Waals surface area contributed by atoms with Crippen molar-refractivity contribution in [2.75, 3.05) is 0 Å². The summed E-state index contributed by atoms with van der Waals surface area (Å²) in [5, 5.41) is 14.0. The lowest BCUT2D eigenvalue weighted by atomic mass is 10.1. The van der Waals surface area contributed by atoms with Gasteiger partial charge in [0.05, 0.1) is 22.0 Å². The van der Waals surface area contributed by atoms with E-state index in [9.17, 15) is 9.50 Å². The summed E-state index contributed by atoms with van der Waals surface area (Å²) in [5.74, 6) is -0.397. The van der Waals surface area contributed by atoms with E-state index in [2.05, 4.69) is 21.0 Å². The zero-order chi connectivity index (χ0) is 13.4. The van der Waals surface area contributed by atoms with Gasteiger partial charge in [-0.25, -0.2) is 9.07 Å². The molecule has 0 fully saturated rings. The molecule has 0 aliphatic heterocycles. The van der Waals surface area contributed by atoms with Crippen molar-refractivity contribution in [1.29, 1.82) is 0 Å². The Kier molecular flexibility index (Phi) is 3.54. The SMILES string of the molecule is Cc1nn(-c2c(F)cccc2[C@@H](C)O)c(C)c1Br. The van der Waals surface area contributed by atoms with Gasteiger partial charge in [-0.15, -0.1) is 0 Å². The molecule has 0 saturated heterocycles. The van der Waals surface area contributed by atoms with Crippen LogP contribution in [-0.4, -0.2) is 14.9 Å². The lowest BCUT2D eigenvalue weighted by Gasteiger charge is -2.14. The number of aliphatic hydroxyl groups excluding tert-OH is 1. The van der Waals surface area contributed by atoms with E-state index in [-0.39, 0.29) is 0 Å². The summed E-state index contributed by atoms with van der Waals surface area (Å²) in [6.45, 7) is 5.30. The molecule has 3 nitrogen and oxygen atoms in total. The fourth-order valence-corrected chi connectivity index (χ4v) is 2.18. The number of nitrogens with zero attached hydrogens (tertiary/aromatic N) is 2. The predicted octanol–water partition coefficient (Wildman–Crippen LogP) is 3.44. The molecule has 0 spiro atoms. The summed E-state index contributed by atoms with van der Waals surface area (Å²) in [7, 11) is 0. The maximum absolute atomic E-state index is 14.0. The largest absolute Gasteiger partial charge is 0.389 e. The normalized spacial score (nSPS) is 12.8. The second-order valence-corrected chi connectivity index (χ2v) is 5.04. The molecule has 2 rings (SSSR count). The number of para-hydroxylation sites is 1.